The second-order valence-electron chi connectivity index (χ2n) is 3.02. The van der Waals surface area contributed by atoms with Crippen LogP contribution in [0.4, 0.5) is 4.39 Å². The van der Waals surface area contributed by atoms with Gasteiger partial charge in [-0.05, 0) is 11.6 Å². The van der Waals surface area contributed by atoms with Gasteiger partial charge >= 0.3 is 0 Å². The van der Waals surface area contributed by atoms with E-state index in [9.17, 15) is 4.39 Å². The number of nitrogens with one attached hydrogen (secondary N) is 1. The third kappa shape index (κ3) is 2.96. The quantitative estimate of drug-likeness (QED) is 0.695. The summed E-state index contributed by atoms with van der Waals surface area (Å²) in [5.74, 6) is -0.428. The molecule has 12 heavy (non-hydrogen) atoms. The largest absolute Gasteiger partial charge is 0.310 e. The van der Waals surface area contributed by atoms with E-state index in [0.29, 0.717) is 6.04 Å². The number of hydrogen-bond acceptors (Lipinski definition) is 2. The lowest BCUT2D eigenvalue weighted by Gasteiger charge is -2.06. The summed E-state index contributed by atoms with van der Waals surface area (Å²) in [6, 6.07) is 3.55. The molecule has 0 fully saturated rings. The molecule has 0 aliphatic carbocycles. The van der Waals surface area contributed by atoms with Crippen LogP contribution in [0.3, 0.4) is 0 Å². The number of hydrogen-bond donors (Lipinski definition) is 1. The lowest BCUT2D eigenvalue weighted by Crippen LogP contribution is -2.21. The van der Waals surface area contributed by atoms with E-state index < -0.39 is 5.95 Å². The van der Waals surface area contributed by atoms with Gasteiger partial charge in [0.05, 0.1) is 0 Å². The fraction of sp³-hybridized carbons (Fsp3) is 0.444. The second kappa shape index (κ2) is 4.16. The minimum Gasteiger partial charge on any atom is -0.310 e. The van der Waals surface area contributed by atoms with Crippen molar-refractivity contribution in [3.8, 4) is 0 Å². The molecule has 0 saturated heterocycles. The maximum Gasteiger partial charge on any atom is 0.212 e. The Balaban J connectivity index is 2.48. The summed E-state index contributed by atoms with van der Waals surface area (Å²) in [6.45, 7) is 4.87. The zero-order valence-corrected chi connectivity index (χ0v) is 7.34. The van der Waals surface area contributed by atoms with Crippen molar-refractivity contribution in [2.75, 3.05) is 0 Å². The Morgan fingerprint density at radius 1 is 1.50 bits per heavy atom. The summed E-state index contributed by atoms with van der Waals surface area (Å²) < 4.78 is 12.4. The monoisotopic (exact) mass is 168 g/mol. The van der Waals surface area contributed by atoms with Crippen molar-refractivity contribution in [1.82, 2.24) is 10.3 Å². The first-order valence-electron chi connectivity index (χ1n) is 4.02. The van der Waals surface area contributed by atoms with E-state index in [-0.39, 0.29) is 0 Å². The van der Waals surface area contributed by atoms with Gasteiger partial charge in [-0.1, -0.05) is 19.9 Å². The average Bonchev–Trinajstić information content (AvgIpc) is 2.03. The number of pyridine rings is 1. The highest BCUT2D eigenvalue weighted by Gasteiger charge is 1.95. The van der Waals surface area contributed by atoms with Crippen molar-refractivity contribution >= 4 is 0 Å². The molecule has 1 heterocycles. The minimum absolute atomic E-state index is 0.428. The topological polar surface area (TPSA) is 24.9 Å². The smallest absolute Gasteiger partial charge is 0.212 e. The first kappa shape index (κ1) is 9.13. The van der Waals surface area contributed by atoms with E-state index in [1.165, 1.54) is 6.07 Å². The molecule has 0 amide bonds. The van der Waals surface area contributed by atoms with Crippen LogP contribution >= 0.6 is 0 Å². The van der Waals surface area contributed by atoms with Gasteiger partial charge in [0.15, 0.2) is 0 Å². The Morgan fingerprint density at radius 3 is 2.75 bits per heavy atom. The highest BCUT2D eigenvalue weighted by molar-refractivity contribution is 5.08. The molecule has 1 aromatic rings. The normalized spacial score (nSPS) is 10.7. The van der Waals surface area contributed by atoms with Crippen molar-refractivity contribution < 1.29 is 4.39 Å². The molecule has 0 saturated carbocycles. The molecule has 0 unspecified atom stereocenters. The number of nitrogens with zero attached hydrogens (tertiary/aromatic N) is 1. The highest BCUT2D eigenvalue weighted by atomic mass is 19.1. The van der Waals surface area contributed by atoms with Crippen molar-refractivity contribution in [1.29, 1.82) is 0 Å². The van der Waals surface area contributed by atoms with Gasteiger partial charge in [0.2, 0.25) is 5.95 Å². The van der Waals surface area contributed by atoms with Gasteiger partial charge < -0.3 is 5.32 Å². The molecule has 3 heteroatoms. The predicted molar refractivity (Wildman–Crippen MR) is 46.2 cm³/mol. The fourth-order valence-electron chi connectivity index (χ4n) is 0.833. The first-order chi connectivity index (χ1) is 5.68. The molecule has 66 valence electrons. The summed E-state index contributed by atoms with van der Waals surface area (Å²) in [5, 5.41) is 3.22. The fourth-order valence-corrected chi connectivity index (χ4v) is 0.833. The molecule has 0 aliphatic heterocycles. The van der Waals surface area contributed by atoms with E-state index in [1.54, 1.807) is 12.3 Å². The Kier molecular flexibility index (Phi) is 3.17. The summed E-state index contributed by atoms with van der Waals surface area (Å²) in [5.41, 5.74) is 1.00. The number of rotatable bonds is 3. The van der Waals surface area contributed by atoms with Crippen LogP contribution in [0.5, 0.6) is 0 Å². The highest BCUT2D eigenvalue weighted by Crippen LogP contribution is 1.98. The van der Waals surface area contributed by atoms with E-state index in [0.717, 1.165) is 12.1 Å². The van der Waals surface area contributed by atoms with E-state index >= 15 is 0 Å². The first-order valence-corrected chi connectivity index (χ1v) is 4.02. The Bertz CT molecular complexity index is 231. The SMILES string of the molecule is CC(C)NCc1ccc(F)nc1. The molecule has 0 radical (unpaired) electrons. The molecule has 1 aromatic heterocycles. The van der Waals surface area contributed by atoms with Crippen LogP contribution in [-0.4, -0.2) is 11.0 Å². The van der Waals surface area contributed by atoms with Gasteiger partial charge in [-0.2, -0.15) is 4.39 Å². The third-order valence-electron chi connectivity index (χ3n) is 1.50. The van der Waals surface area contributed by atoms with E-state index in [1.807, 2.05) is 0 Å². The van der Waals surface area contributed by atoms with Crippen LogP contribution < -0.4 is 5.32 Å². The lowest BCUT2D eigenvalue weighted by atomic mass is 10.2. The Morgan fingerprint density at radius 2 is 2.25 bits per heavy atom. The van der Waals surface area contributed by atoms with Crippen LogP contribution in [0, 0.1) is 5.95 Å². The average molecular weight is 168 g/mol. The molecule has 0 spiro atoms. The van der Waals surface area contributed by atoms with Gasteiger partial charge in [0.1, 0.15) is 0 Å². The zero-order chi connectivity index (χ0) is 8.97. The van der Waals surface area contributed by atoms with Crippen molar-refractivity contribution in [3.05, 3.63) is 29.8 Å². The van der Waals surface area contributed by atoms with Gasteiger partial charge in [0.25, 0.3) is 0 Å². The van der Waals surface area contributed by atoms with E-state index in [2.05, 4.69) is 24.1 Å². The summed E-state index contributed by atoms with van der Waals surface area (Å²) in [7, 11) is 0. The van der Waals surface area contributed by atoms with Crippen LogP contribution in [0.15, 0.2) is 18.3 Å². The molecular weight excluding hydrogens is 155 g/mol. The second-order valence-corrected chi connectivity index (χ2v) is 3.02. The summed E-state index contributed by atoms with van der Waals surface area (Å²) >= 11 is 0. The summed E-state index contributed by atoms with van der Waals surface area (Å²) in [6.07, 6.45) is 1.55. The predicted octanol–water partition coefficient (Wildman–Crippen LogP) is 1.72. The van der Waals surface area contributed by atoms with Gasteiger partial charge in [-0.15, -0.1) is 0 Å². The number of halogens is 1. The van der Waals surface area contributed by atoms with Crippen LogP contribution in [0.1, 0.15) is 19.4 Å². The minimum atomic E-state index is -0.428. The van der Waals surface area contributed by atoms with Crippen LogP contribution in [0.25, 0.3) is 0 Å². The molecular formula is C9H13FN2. The third-order valence-corrected chi connectivity index (χ3v) is 1.50. The number of aromatic nitrogens is 1. The Hall–Kier alpha value is -0.960. The Labute approximate surface area is 71.8 Å². The lowest BCUT2D eigenvalue weighted by molar-refractivity contribution is 0.570. The zero-order valence-electron chi connectivity index (χ0n) is 7.34. The van der Waals surface area contributed by atoms with Crippen LogP contribution in [0.2, 0.25) is 0 Å². The van der Waals surface area contributed by atoms with E-state index in [4.69, 9.17) is 0 Å². The molecule has 1 rings (SSSR count). The van der Waals surface area contributed by atoms with Gasteiger partial charge in [-0.25, -0.2) is 4.98 Å². The van der Waals surface area contributed by atoms with Crippen LogP contribution in [-0.2, 0) is 6.54 Å². The maximum absolute atomic E-state index is 12.4. The van der Waals surface area contributed by atoms with Gasteiger partial charge in [0, 0.05) is 18.8 Å². The summed E-state index contributed by atoms with van der Waals surface area (Å²) in [4.78, 5) is 3.55. The molecule has 0 bridgehead atoms. The molecule has 1 N–H and O–H groups in total. The van der Waals surface area contributed by atoms with Crippen molar-refractivity contribution in [2.24, 2.45) is 0 Å². The van der Waals surface area contributed by atoms with Crippen molar-refractivity contribution in [2.45, 2.75) is 26.4 Å². The standard InChI is InChI=1S/C9H13FN2/c1-7(2)11-5-8-3-4-9(10)12-6-8/h3-4,6-7,11H,5H2,1-2H3. The van der Waals surface area contributed by atoms with Crippen molar-refractivity contribution in [3.63, 3.8) is 0 Å². The van der Waals surface area contributed by atoms with Gasteiger partial charge in [-0.3, -0.25) is 0 Å². The molecule has 0 aromatic carbocycles. The molecule has 0 aliphatic rings. The molecule has 0 atom stereocenters. The maximum atomic E-state index is 12.4. The molecule has 2 nitrogen and oxygen atoms in total.